The first-order chi connectivity index (χ1) is 11.0. The minimum absolute atomic E-state index is 0.112. The van der Waals surface area contributed by atoms with Crippen molar-refractivity contribution in [3.8, 4) is 0 Å². The minimum atomic E-state index is -4.39. The van der Waals surface area contributed by atoms with Gasteiger partial charge in [-0.1, -0.05) is 0 Å². The van der Waals surface area contributed by atoms with Crippen molar-refractivity contribution in [2.75, 3.05) is 4.72 Å². The van der Waals surface area contributed by atoms with E-state index in [9.17, 15) is 26.9 Å². The van der Waals surface area contributed by atoms with Crippen LogP contribution in [0, 0.1) is 17.0 Å². The Hall–Kier alpha value is -2.50. The maximum Gasteiger partial charge on any atom is 0.294 e. The number of hydrogen-bond donors (Lipinski definition) is 2. The first kappa shape index (κ1) is 17.8. The van der Waals surface area contributed by atoms with Gasteiger partial charge in [-0.25, -0.2) is 8.42 Å². The highest BCUT2D eigenvalue weighted by atomic mass is 32.2. The van der Waals surface area contributed by atoms with Crippen molar-refractivity contribution < 1.29 is 26.3 Å². The fraction of sp³-hybridized carbons (Fsp3) is 0.0769. The molecule has 24 heavy (non-hydrogen) atoms. The zero-order valence-electron chi connectivity index (χ0n) is 12.2. The number of nitrogens with zero attached hydrogens (tertiary/aromatic N) is 1. The van der Waals surface area contributed by atoms with Gasteiger partial charge in [0.05, 0.1) is 20.4 Å². The Kier molecular flexibility index (Phi) is 4.60. The molecule has 0 radical (unpaired) electrons. The lowest BCUT2D eigenvalue weighted by molar-refractivity contribution is -0.384. The normalized spacial score (nSPS) is 11.9. The Balaban J connectivity index is 2.34. The molecule has 0 aliphatic carbocycles. The van der Waals surface area contributed by atoms with Gasteiger partial charge in [0.1, 0.15) is 0 Å². The maximum absolute atomic E-state index is 12.3. The van der Waals surface area contributed by atoms with Crippen molar-refractivity contribution in [2.24, 2.45) is 0 Å². The number of nitro benzene ring substituents is 1. The van der Waals surface area contributed by atoms with Crippen LogP contribution in [0.4, 0.5) is 11.4 Å². The van der Waals surface area contributed by atoms with E-state index in [0.29, 0.717) is 0 Å². The maximum atomic E-state index is 12.3. The number of nitro groups is 1. The third-order valence-electron chi connectivity index (χ3n) is 3.10. The van der Waals surface area contributed by atoms with Crippen LogP contribution in [-0.4, -0.2) is 26.3 Å². The lowest BCUT2D eigenvalue weighted by atomic mass is 10.2. The SMILES string of the molecule is Cc1cc(S(=O)(=O)O)ccc1NS(=O)(=O)c1ccc([N+](=O)[O-])cc1. The molecule has 0 bridgehead atoms. The molecule has 0 aromatic heterocycles. The van der Waals surface area contributed by atoms with Gasteiger partial charge in [0.25, 0.3) is 25.8 Å². The molecule has 0 saturated heterocycles. The first-order valence-electron chi connectivity index (χ1n) is 6.36. The van der Waals surface area contributed by atoms with E-state index in [1.54, 1.807) is 0 Å². The quantitative estimate of drug-likeness (QED) is 0.463. The van der Waals surface area contributed by atoms with Crippen molar-refractivity contribution >= 4 is 31.5 Å². The van der Waals surface area contributed by atoms with Crippen LogP contribution in [0.5, 0.6) is 0 Å². The van der Waals surface area contributed by atoms with E-state index in [0.717, 1.165) is 36.4 Å². The Labute approximate surface area is 137 Å². The predicted octanol–water partition coefficient (Wildman–Crippen LogP) is 1.95. The van der Waals surface area contributed by atoms with Crippen LogP contribution in [0.1, 0.15) is 5.56 Å². The second kappa shape index (κ2) is 6.19. The van der Waals surface area contributed by atoms with Crippen LogP contribution in [0.3, 0.4) is 0 Å². The smallest absolute Gasteiger partial charge is 0.282 e. The molecule has 0 spiro atoms. The summed E-state index contributed by atoms with van der Waals surface area (Å²) in [7, 11) is -8.40. The van der Waals surface area contributed by atoms with Crippen molar-refractivity contribution in [3.05, 3.63) is 58.1 Å². The van der Waals surface area contributed by atoms with Gasteiger partial charge in [-0.3, -0.25) is 19.4 Å². The van der Waals surface area contributed by atoms with E-state index < -0.39 is 25.1 Å². The van der Waals surface area contributed by atoms with E-state index in [4.69, 9.17) is 4.55 Å². The lowest BCUT2D eigenvalue weighted by Crippen LogP contribution is -2.14. The van der Waals surface area contributed by atoms with E-state index in [1.165, 1.54) is 13.0 Å². The second-order valence-corrected chi connectivity index (χ2v) is 7.91. The van der Waals surface area contributed by atoms with Crippen molar-refractivity contribution in [2.45, 2.75) is 16.7 Å². The van der Waals surface area contributed by atoms with Gasteiger partial charge in [-0.05, 0) is 42.8 Å². The first-order valence-corrected chi connectivity index (χ1v) is 9.28. The number of sulfonamides is 1. The molecule has 0 fully saturated rings. The largest absolute Gasteiger partial charge is 0.294 e. The van der Waals surface area contributed by atoms with Gasteiger partial charge < -0.3 is 0 Å². The van der Waals surface area contributed by atoms with E-state index in [-0.39, 0.29) is 26.7 Å². The fourth-order valence-corrected chi connectivity index (χ4v) is 3.56. The standard InChI is InChI=1S/C13H12N2O7S2/c1-9-8-12(24(20,21)22)6-7-13(9)14-23(18,19)11-4-2-10(3-5-11)15(16)17/h2-8,14H,1H3,(H,20,21,22). The summed E-state index contributed by atoms with van der Waals surface area (Å²) in [5, 5.41) is 10.6. The molecule has 2 rings (SSSR count). The number of rotatable bonds is 5. The Morgan fingerprint density at radius 1 is 1.00 bits per heavy atom. The van der Waals surface area contributed by atoms with Crippen LogP contribution >= 0.6 is 0 Å². The molecular formula is C13H12N2O7S2. The summed E-state index contributed by atoms with van der Waals surface area (Å²) in [5.41, 5.74) is 0.138. The average molecular weight is 372 g/mol. The second-order valence-electron chi connectivity index (χ2n) is 4.81. The molecule has 0 atom stereocenters. The molecule has 9 nitrogen and oxygen atoms in total. The van der Waals surface area contributed by atoms with Gasteiger partial charge in [0.15, 0.2) is 0 Å². The Morgan fingerprint density at radius 3 is 2.00 bits per heavy atom. The number of aryl methyl sites for hydroxylation is 1. The lowest BCUT2D eigenvalue weighted by Gasteiger charge is -2.11. The van der Waals surface area contributed by atoms with Gasteiger partial charge in [-0.2, -0.15) is 8.42 Å². The van der Waals surface area contributed by atoms with Crippen molar-refractivity contribution in [1.29, 1.82) is 0 Å². The van der Waals surface area contributed by atoms with Crippen molar-refractivity contribution in [3.63, 3.8) is 0 Å². The monoisotopic (exact) mass is 372 g/mol. The highest BCUT2D eigenvalue weighted by Gasteiger charge is 2.18. The van der Waals surface area contributed by atoms with Crippen LogP contribution in [0.25, 0.3) is 0 Å². The summed E-state index contributed by atoms with van der Waals surface area (Å²) >= 11 is 0. The van der Waals surface area contributed by atoms with Gasteiger partial charge in [0, 0.05) is 12.1 Å². The molecule has 11 heteroatoms. The third-order valence-corrected chi connectivity index (χ3v) is 5.33. The highest BCUT2D eigenvalue weighted by molar-refractivity contribution is 7.92. The number of hydrogen-bond acceptors (Lipinski definition) is 6. The summed E-state index contributed by atoms with van der Waals surface area (Å²) in [6.45, 7) is 1.46. The third kappa shape index (κ3) is 3.88. The molecule has 0 heterocycles. The number of non-ortho nitro benzene ring substituents is 1. The highest BCUT2D eigenvalue weighted by Crippen LogP contribution is 2.23. The zero-order valence-corrected chi connectivity index (χ0v) is 13.8. The Bertz CT molecular complexity index is 997. The molecule has 0 saturated carbocycles. The van der Waals surface area contributed by atoms with Gasteiger partial charge in [-0.15, -0.1) is 0 Å². The van der Waals surface area contributed by atoms with Crippen LogP contribution in [-0.2, 0) is 20.1 Å². The fourth-order valence-electron chi connectivity index (χ4n) is 1.86. The summed E-state index contributed by atoms with van der Waals surface area (Å²) in [6.07, 6.45) is 0. The summed E-state index contributed by atoms with van der Waals surface area (Å²) < 4.78 is 57.9. The molecule has 0 amide bonds. The summed E-state index contributed by atoms with van der Waals surface area (Å²) in [6, 6.07) is 7.65. The zero-order chi connectivity index (χ0) is 18.1. The number of benzene rings is 2. The summed E-state index contributed by atoms with van der Waals surface area (Å²) in [4.78, 5) is 9.38. The topological polar surface area (TPSA) is 144 Å². The van der Waals surface area contributed by atoms with Gasteiger partial charge in [0.2, 0.25) is 0 Å². The molecule has 2 aromatic carbocycles. The van der Waals surface area contributed by atoms with E-state index in [2.05, 4.69) is 4.72 Å². The van der Waals surface area contributed by atoms with Crippen LogP contribution in [0.2, 0.25) is 0 Å². The van der Waals surface area contributed by atoms with Crippen molar-refractivity contribution in [1.82, 2.24) is 0 Å². The molecule has 0 unspecified atom stereocenters. The molecule has 2 N–H and O–H groups in total. The van der Waals surface area contributed by atoms with Gasteiger partial charge >= 0.3 is 0 Å². The minimum Gasteiger partial charge on any atom is -0.282 e. The summed E-state index contributed by atoms with van der Waals surface area (Å²) in [5.74, 6) is 0. The molecular weight excluding hydrogens is 360 g/mol. The van der Waals surface area contributed by atoms with Crippen LogP contribution in [0.15, 0.2) is 52.3 Å². The van der Waals surface area contributed by atoms with Crippen LogP contribution < -0.4 is 4.72 Å². The molecule has 0 aliphatic rings. The molecule has 0 aliphatic heterocycles. The predicted molar refractivity (Wildman–Crippen MR) is 84.9 cm³/mol. The average Bonchev–Trinajstić information content (AvgIpc) is 2.48. The Morgan fingerprint density at radius 2 is 1.54 bits per heavy atom. The van der Waals surface area contributed by atoms with E-state index >= 15 is 0 Å². The number of nitrogens with one attached hydrogen (secondary N) is 1. The molecule has 2 aromatic rings. The number of anilines is 1. The van der Waals surface area contributed by atoms with E-state index in [1.807, 2.05) is 0 Å². The molecule has 128 valence electrons.